The molecule has 0 saturated carbocycles. The zero-order valence-electron chi connectivity index (χ0n) is 19.5. The number of piperazine rings is 1. The van der Waals surface area contributed by atoms with Crippen LogP contribution < -0.4 is 0 Å². The zero-order chi connectivity index (χ0) is 22.5. The summed E-state index contributed by atoms with van der Waals surface area (Å²) in [4.78, 5) is 19.3. The Morgan fingerprint density at radius 1 is 0.844 bits per heavy atom. The first-order chi connectivity index (χ1) is 15.5. The summed E-state index contributed by atoms with van der Waals surface area (Å²) in [5.74, 6) is -0.225. The monoisotopic (exact) mass is 435 g/mol. The molecule has 2 aliphatic heterocycles. The second kappa shape index (κ2) is 10.7. The van der Waals surface area contributed by atoms with Crippen molar-refractivity contribution in [2.45, 2.75) is 58.4 Å². The van der Waals surface area contributed by atoms with Gasteiger partial charge >= 0.3 is 0 Å². The Morgan fingerprint density at radius 3 is 2.06 bits per heavy atom. The molecule has 0 bridgehead atoms. The Balaban J connectivity index is 1.33. The summed E-state index contributed by atoms with van der Waals surface area (Å²) >= 11 is 0. The van der Waals surface area contributed by atoms with Crippen molar-refractivity contribution >= 4 is 5.78 Å². The highest BCUT2D eigenvalue weighted by Crippen LogP contribution is 2.22. The van der Waals surface area contributed by atoms with Gasteiger partial charge in [0, 0.05) is 50.4 Å². The third kappa shape index (κ3) is 5.84. The number of hydrogen-bond acceptors (Lipinski definition) is 5. The predicted molar refractivity (Wildman–Crippen MR) is 129 cm³/mol. The van der Waals surface area contributed by atoms with E-state index in [4.69, 9.17) is 5.11 Å². The summed E-state index contributed by atoms with van der Waals surface area (Å²) in [6.45, 7) is 11.8. The third-order valence-corrected chi connectivity index (χ3v) is 6.96. The Hall–Kier alpha value is -2.05. The van der Waals surface area contributed by atoms with Crippen molar-refractivity contribution < 1.29 is 9.90 Å². The highest BCUT2D eigenvalue weighted by molar-refractivity contribution is 5.96. The first kappa shape index (κ1) is 23.1. The summed E-state index contributed by atoms with van der Waals surface area (Å²) in [7, 11) is 0. The van der Waals surface area contributed by atoms with Crippen LogP contribution in [0.15, 0.2) is 48.5 Å². The summed E-state index contributed by atoms with van der Waals surface area (Å²) in [6.07, 6.45) is 2.67. The van der Waals surface area contributed by atoms with Crippen LogP contribution in [0.2, 0.25) is 0 Å². The normalized spacial score (nSPS) is 23.0. The highest BCUT2D eigenvalue weighted by atomic mass is 16.3. The van der Waals surface area contributed by atoms with E-state index in [1.165, 1.54) is 42.6 Å². The van der Waals surface area contributed by atoms with Crippen molar-refractivity contribution in [3.8, 4) is 0 Å². The average Bonchev–Trinajstić information content (AvgIpc) is 3.29. The standard InChI is InChI=1S/C27H37N3O2/c1-21-15-29(17-23-8-10-26(11-9-23)27(32)20-31)16-22(2)30(21)19-25-7-5-6-24(14-25)18-28-12-3-4-13-28/h5-11,14,21-22,31H,3-4,12-13,15-20H2,1-2H3/t21-,22+. The van der Waals surface area contributed by atoms with Crippen LogP contribution in [0, 0.1) is 0 Å². The number of aliphatic hydroxyl groups is 1. The third-order valence-electron chi connectivity index (χ3n) is 6.96. The molecule has 0 aromatic heterocycles. The molecule has 172 valence electrons. The molecule has 0 aliphatic carbocycles. The van der Waals surface area contributed by atoms with Crippen molar-refractivity contribution in [1.29, 1.82) is 0 Å². The van der Waals surface area contributed by atoms with E-state index < -0.39 is 6.61 Å². The molecular weight excluding hydrogens is 398 g/mol. The van der Waals surface area contributed by atoms with Gasteiger partial charge < -0.3 is 5.11 Å². The summed E-state index contributed by atoms with van der Waals surface area (Å²) in [5.41, 5.74) is 4.64. The number of rotatable bonds is 8. The predicted octanol–water partition coefficient (Wildman–Crippen LogP) is 3.55. The van der Waals surface area contributed by atoms with Gasteiger partial charge in [-0.05, 0) is 56.5 Å². The summed E-state index contributed by atoms with van der Waals surface area (Å²) < 4.78 is 0. The summed E-state index contributed by atoms with van der Waals surface area (Å²) in [5, 5.41) is 9.02. The van der Waals surface area contributed by atoms with Gasteiger partial charge in [-0.15, -0.1) is 0 Å². The van der Waals surface area contributed by atoms with Crippen molar-refractivity contribution in [3.63, 3.8) is 0 Å². The number of nitrogens with zero attached hydrogens (tertiary/aromatic N) is 3. The highest BCUT2D eigenvalue weighted by Gasteiger charge is 2.29. The lowest BCUT2D eigenvalue weighted by molar-refractivity contribution is 0.0290. The van der Waals surface area contributed by atoms with Crippen LogP contribution in [0.4, 0.5) is 0 Å². The molecule has 1 N–H and O–H groups in total. The van der Waals surface area contributed by atoms with Gasteiger partial charge in [0.15, 0.2) is 5.78 Å². The number of aliphatic hydroxyl groups excluding tert-OH is 1. The number of carbonyl (C=O) groups is 1. The molecule has 2 aromatic rings. The van der Waals surface area contributed by atoms with Gasteiger partial charge in [0.05, 0.1) is 0 Å². The van der Waals surface area contributed by atoms with Crippen LogP contribution in [0.25, 0.3) is 0 Å². The molecule has 0 amide bonds. The number of Topliss-reactive ketones (excluding diaryl/α,β-unsaturated/α-hetero) is 1. The first-order valence-electron chi connectivity index (χ1n) is 12.0. The van der Waals surface area contributed by atoms with Crippen LogP contribution in [0.1, 0.15) is 53.7 Å². The van der Waals surface area contributed by atoms with Gasteiger partial charge in [-0.2, -0.15) is 0 Å². The largest absolute Gasteiger partial charge is 0.388 e. The second-order valence-corrected chi connectivity index (χ2v) is 9.65. The van der Waals surface area contributed by atoms with E-state index in [0.29, 0.717) is 17.6 Å². The lowest BCUT2D eigenvalue weighted by Crippen LogP contribution is -2.55. The Bertz CT molecular complexity index is 880. The van der Waals surface area contributed by atoms with Crippen molar-refractivity contribution in [2.24, 2.45) is 0 Å². The number of likely N-dealkylation sites (tertiary alicyclic amines) is 1. The molecule has 2 atom stereocenters. The molecule has 5 nitrogen and oxygen atoms in total. The van der Waals surface area contributed by atoms with Crippen LogP contribution in [-0.2, 0) is 19.6 Å². The Labute approximate surface area is 192 Å². The Morgan fingerprint density at radius 2 is 1.44 bits per heavy atom. The average molecular weight is 436 g/mol. The van der Waals surface area contributed by atoms with Gasteiger partial charge in [-0.3, -0.25) is 19.5 Å². The van der Waals surface area contributed by atoms with E-state index in [0.717, 1.165) is 32.7 Å². The number of benzene rings is 2. The molecule has 2 heterocycles. The first-order valence-corrected chi connectivity index (χ1v) is 12.0. The lowest BCUT2D eigenvalue weighted by Gasteiger charge is -2.44. The lowest BCUT2D eigenvalue weighted by atomic mass is 10.0. The SMILES string of the molecule is C[C@@H]1CN(Cc2ccc(C(=O)CO)cc2)C[C@H](C)N1Cc1cccc(CN2CCCC2)c1. The van der Waals surface area contributed by atoms with E-state index in [1.807, 2.05) is 24.3 Å². The fourth-order valence-corrected chi connectivity index (χ4v) is 5.29. The quantitative estimate of drug-likeness (QED) is 0.643. The van der Waals surface area contributed by atoms with Gasteiger partial charge in [0.1, 0.15) is 6.61 Å². The van der Waals surface area contributed by atoms with E-state index in [9.17, 15) is 4.79 Å². The van der Waals surface area contributed by atoms with E-state index in [-0.39, 0.29) is 5.78 Å². The van der Waals surface area contributed by atoms with Crippen LogP contribution in [-0.4, -0.2) is 70.5 Å². The molecule has 4 rings (SSSR count). The van der Waals surface area contributed by atoms with Crippen LogP contribution >= 0.6 is 0 Å². The molecule has 0 unspecified atom stereocenters. The van der Waals surface area contributed by atoms with Gasteiger partial charge in [0.25, 0.3) is 0 Å². The van der Waals surface area contributed by atoms with Gasteiger partial charge in [0.2, 0.25) is 0 Å². The van der Waals surface area contributed by atoms with Crippen molar-refractivity contribution in [1.82, 2.24) is 14.7 Å². The number of ketones is 1. The second-order valence-electron chi connectivity index (χ2n) is 9.65. The minimum absolute atomic E-state index is 0.225. The maximum atomic E-state index is 11.6. The van der Waals surface area contributed by atoms with E-state index >= 15 is 0 Å². The smallest absolute Gasteiger partial charge is 0.188 e. The fourth-order valence-electron chi connectivity index (χ4n) is 5.29. The van der Waals surface area contributed by atoms with E-state index in [2.05, 4.69) is 52.8 Å². The molecule has 2 aliphatic rings. The molecule has 32 heavy (non-hydrogen) atoms. The van der Waals surface area contributed by atoms with Gasteiger partial charge in [-0.1, -0.05) is 48.5 Å². The maximum Gasteiger partial charge on any atom is 0.188 e. The maximum absolute atomic E-state index is 11.6. The Kier molecular flexibility index (Phi) is 7.74. The van der Waals surface area contributed by atoms with Crippen molar-refractivity contribution in [2.75, 3.05) is 32.8 Å². The number of carbonyl (C=O) groups excluding carboxylic acids is 1. The topological polar surface area (TPSA) is 47.0 Å². The molecule has 0 spiro atoms. The van der Waals surface area contributed by atoms with Crippen LogP contribution in [0.3, 0.4) is 0 Å². The molecular formula is C27H37N3O2. The summed E-state index contributed by atoms with van der Waals surface area (Å²) in [6, 6.07) is 17.8. The molecule has 0 radical (unpaired) electrons. The zero-order valence-corrected chi connectivity index (χ0v) is 19.5. The minimum Gasteiger partial charge on any atom is -0.388 e. The van der Waals surface area contributed by atoms with Gasteiger partial charge in [-0.25, -0.2) is 0 Å². The molecule has 5 heteroatoms. The molecule has 2 fully saturated rings. The molecule has 2 aromatic carbocycles. The fraction of sp³-hybridized carbons (Fsp3) is 0.519. The minimum atomic E-state index is -0.433. The van der Waals surface area contributed by atoms with Crippen molar-refractivity contribution in [3.05, 3.63) is 70.8 Å². The van der Waals surface area contributed by atoms with E-state index in [1.54, 1.807) is 0 Å². The number of hydrogen-bond donors (Lipinski definition) is 1. The molecule has 2 saturated heterocycles. The van der Waals surface area contributed by atoms with Crippen LogP contribution in [0.5, 0.6) is 0 Å².